The summed E-state index contributed by atoms with van der Waals surface area (Å²) in [6, 6.07) is 0. The minimum atomic E-state index is -1.06. The Kier molecular flexibility index (Phi) is 4.16. The number of hydrogen-bond acceptors (Lipinski definition) is 3. The van der Waals surface area contributed by atoms with Gasteiger partial charge < -0.3 is 15.5 Å². The molecule has 1 aliphatic rings. The van der Waals surface area contributed by atoms with E-state index in [2.05, 4.69) is 5.32 Å². The molecule has 0 aromatic carbocycles. The maximum atomic E-state index is 11.3. The number of nitrogens with one attached hydrogen (secondary N) is 1. The van der Waals surface area contributed by atoms with E-state index in [0.29, 0.717) is 17.8 Å². The van der Waals surface area contributed by atoms with Crippen LogP contribution in [0.25, 0.3) is 0 Å². The first-order valence-corrected chi connectivity index (χ1v) is 5.90. The molecule has 3 N–H and O–H groups in total. The van der Waals surface area contributed by atoms with Crippen LogP contribution in [0.3, 0.4) is 0 Å². The van der Waals surface area contributed by atoms with Crippen molar-refractivity contribution >= 4 is 11.9 Å². The zero-order chi connectivity index (χ0) is 14.0. The van der Waals surface area contributed by atoms with Gasteiger partial charge >= 0.3 is 11.9 Å². The van der Waals surface area contributed by atoms with Gasteiger partial charge in [-0.05, 0) is 26.2 Å². The summed E-state index contributed by atoms with van der Waals surface area (Å²) in [6.07, 6.45) is 0.514. The van der Waals surface area contributed by atoms with Gasteiger partial charge in [0.2, 0.25) is 0 Å². The molecule has 0 aromatic rings. The monoisotopic (exact) mass is 253 g/mol. The van der Waals surface area contributed by atoms with E-state index in [1.807, 2.05) is 13.8 Å². The quantitative estimate of drug-likeness (QED) is 0.713. The predicted octanol–water partition coefficient (Wildman–Crippen LogP) is 1.97. The number of carboxylic acids is 2. The van der Waals surface area contributed by atoms with Crippen molar-refractivity contribution in [3.8, 4) is 0 Å². The largest absolute Gasteiger partial charge is 0.478 e. The molecule has 1 rings (SSSR count). The van der Waals surface area contributed by atoms with Crippen molar-refractivity contribution in [1.82, 2.24) is 5.32 Å². The van der Waals surface area contributed by atoms with Crippen LogP contribution in [0.2, 0.25) is 0 Å². The summed E-state index contributed by atoms with van der Waals surface area (Å²) in [4.78, 5) is 22.6. The van der Waals surface area contributed by atoms with Crippen LogP contribution in [0.15, 0.2) is 22.5 Å². The first kappa shape index (κ1) is 14.3. The summed E-state index contributed by atoms with van der Waals surface area (Å²) in [6.45, 7) is 7.23. The van der Waals surface area contributed by atoms with Gasteiger partial charge in [-0.15, -0.1) is 0 Å². The molecule has 18 heavy (non-hydrogen) atoms. The number of carboxylic acid groups (broad SMARTS) is 2. The molecular formula is C13H19NO4. The van der Waals surface area contributed by atoms with Gasteiger partial charge in [-0.1, -0.05) is 13.8 Å². The van der Waals surface area contributed by atoms with Crippen LogP contribution in [0.5, 0.6) is 0 Å². The molecule has 0 spiro atoms. The second kappa shape index (κ2) is 5.25. The first-order valence-electron chi connectivity index (χ1n) is 5.90. The van der Waals surface area contributed by atoms with Crippen LogP contribution < -0.4 is 5.32 Å². The SMILES string of the molecule is CC1=C(C(=O)O)C(CC(C)C)C(C(=O)O)=C(C)N1. The van der Waals surface area contributed by atoms with E-state index in [1.165, 1.54) is 0 Å². The van der Waals surface area contributed by atoms with Crippen molar-refractivity contribution in [2.24, 2.45) is 11.8 Å². The molecule has 100 valence electrons. The van der Waals surface area contributed by atoms with Crippen molar-refractivity contribution in [2.45, 2.75) is 34.1 Å². The average molecular weight is 253 g/mol. The Morgan fingerprint density at radius 3 is 1.78 bits per heavy atom. The van der Waals surface area contributed by atoms with Crippen molar-refractivity contribution in [2.75, 3.05) is 0 Å². The fourth-order valence-corrected chi connectivity index (χ4v) is 2.41. The van der Waals surface area contributed by atoms with Crippen LogP contribution in [-0.4, -0.2) is 22.2 Å². The Morgan fingerprint density at radius 2 is 1.50 bits per heavy atom. The highest BCUT2D eigenvalue weighted by molar-refractivity contribution is 5.96. The lowest BCUT2D eigenvalue weighted by Crippen LogP contribution is -2.32. The molecule has 0 atom stereocenters. The highest BCUT2D eigenvalue weighted by Crippen LogP contribution is 2.34. The molecule has 0 aromatic heterocycles. The number of allylic oxidation sites excluding steroid dienone is 2. The summed E-state index contributed by atoms with van der Waals surface area (Å²) in [5.74, 6) is -2.45. The summed E-state index contributed by atoms with van der Waals surface area (Å²) >= 11 is 0. The topological polar surface area (TPSA) is 86.6 Å². The molecule has 0 radical (unpaired) electrons. The van der Waals surface area contributed by atoms with Gasteiger partial charge in [0.1, 0.15) is 0 Å². The van der Waals surface area contributed by atoms with Crippen LogP contribution in [0, 0.1) is 11.8 Å². The fourth-order valence-electron chi connectivity index (χ4n) is 2.41. The van der Waals surface area contributed by atoms with E-state index in [9.17, 15) is 19.8 Å². The molecule has 5 heteroatoms. The lowest BCUT2D eigenvalue weighted by molar-refractivity contribution is -0.134. The Balaban J connectivity index is 3.30. The number of hydrogen-bond donors (Lipinski definition) is 3. The normalized spacial score (nSPS) is 17.2. The smallest absolute Gasteiger partial charge is 0.333 e. The Bertz CT molecular complexity index is 410. The Labute approximate surface area is 106 Å². The van der Waals surface area contributed by atoms with E-state index in [4.69, 9.17) is 0 Å². The molecule has 0 bridgehead atoms. The lowest BCUT2D eigenvalue weighted by Gasteiger charge is -2.29. The number of carbonyl (C=O) groups is 2. The third kappa shape index (κ3) is 2.72. The van der Waals surface area contributed by atoms with E-state index in [1.54, 1.807) is 13.8 Å². The first-order chi connectivity index (χ1) is 8.25. The molecule has 5 nitrogen and oxygen atoms in total. The van der Waals surface area contributed by atoms with Gasteiger partial charge in [0.25, 0.3) is 0 Å². The highest BCUT2D eigenvalue weighted by atomic mass is 16.4. The van der Waals surface area contributed by atoms with Crippen LogP contribution in [0.1, 0.15) is 34.1 Å². The van der Waals surface area contributed by atoms with Crippen LogP contribution in [-0.2, 0) is 9.59 Å². The highest BCUT2D eigenvalue weighted by Gasteiger charge is 2.35. The molecule has 0 amide bonds. The number of dihydropyridines is 1. The molecule has 0 fully saturated rings. The summed E-state index contributed by atoms with van der Waals surface area (Å²) < 4.78 is 0. The zero-order valence-corrected chi connectivity index (χ0v) is 11.1. The summed E-state index contributed by atoms with van der Waals surface area (Å²) in [5, 5.41) is 21.4. The average Bonchev–Trinajstić information content (AvgIpc) is 2.13. The third-order valence-corrected chi connectivity index (χ3v) is 3.05. The molecule has 0 aliphatic carbocycles. The van der Waals surface area contributed by atoms with Gasteiger partial charge in [-0.25, -0.2) is 9.59 Å². The Hall–Kier alpha value is -1.78. The zero-order valence-electron chi connectivity index (χ0n) is 11.1. The van der Waals surface area contributed by atoms with E-state index in [-0.39, 0.29) is 17.1 Å². The molecule has 0 saturated carbocycles. The van der Waals surface area contributed by atoms with Gasteiger partial charge in [0.15, 0.2) is 0 Å². The predicted molar refractivity (Wildman–Crippen MR) is 66.8 cm³/mol. The standard InChI is InChI=1S/C13H19NO4/c1-6(2)5-9-10(12(15)16)7(3)14-8(4)11(9)13(17)18/h6,9,14H,5H2,1-4H3,(H,15,16)(H,17,18). The second-order valence-electron chi connectivity index (χ2n) is 4.99. The minimum absolute atomic E-state index is 0.159. The fraction of sp³-hybridized carbons (Fsp3) is 0.538. The molecule has 1 heterocycles. The van der Waals surface area contributed by atoms with Crippen molar-refractivity contribution in [3.63, 3.8) is 0 Å². The molecule has 0 saturated heterocycles. The molecular weight excluding hydrogens is 234 g/mol. The van der Waals surface area contributed by atoms with E-state index < -0.39 is 17.9 Å². The second-order valence-corrected chi connectivity index (χ2v) is 4.99. The molecule has 1 aliphatic heterocycles. The summed E-state index contributed by atoms with van der Waals surface area (Å²) in [7, 11) is 0. The maximum absolute atomic E-state index is 11.3. The van der Waals surface area contributed by atoms with Gasteiger partial charge in [-0.2, -0.15) is 0 Å². The lowest BCUT2D eigenvalue weighted by atomic mass is 9.80. The maximum Gasteiger partial charge on any atom is 0.333 e. The van der Waals surface area contributed by atoms with Gasteiger partial charge in [0, 0.05) is 17.3 Å². The van der Waals surface area contributed by atoms with E-state index >= 15 is 0 Å². The van der Waals surface area contributed by atoms with Gasteiger partial charge in [0.05, 0.1) is 11.1 Å². The van der Waals surface area contributed by atoms with Crippen LogP contribution >= 0.6 is 0 Å². The Morgan fingerprint density at radius 1 is 1.11 bits per heavy atom. The summed E-state index contributed by atoms with van der Waals surface area (Å²) in [5.41, 5.74) is 1.37. The molecule has 0 unspecified atom stereocenters. The van der Waals surface area contributed by atoms with Crippen molar-refractivity contribution in [3.05, 3.63) is 22.5 Å². The third-order valence-electron chi connectivity index (χ3n) is 3.05. The minimum Gasteiger partial charge on any atom is -0.478 e. The van der Waals surface area contributed by atoms with Crippen molar-refractivity contribution < 1.29 is 19.8 Å². The number of aliphatic carboxylic acids is 2. The number of rotatable bonds is 4. The van der Waals surface area contributed by atoms with Crippen molar-refractivity contribution in [1.29, 1.82) is 0 Å². The van der Waals surface area contributed by atoms with E-state index in [0.717, 1.165) is 0 Å². The van der Waals surface area contributed by atoms with Gasteiger partial charge in [-0.3, -0.25) is 0 Å². The van der Waals surface area contributed by atoms with Crippen LogP contribution in [0.4, 0.5) is 0 Å².